The molecule has 5 nitrogen and oxygen atoms in total. The van der Waals surface area contributed by atoms with Gasteiger partial charge in [0.15, 0.2) is 11.5 Å². The molecule has 3 rings (SSSR count). The van der Waals surface area contributed by atoms with Crippen molar-refractivity contribution in [3.63, 3.8) is 0 Å². The number of rotatable bonds is 7. The molecule has 1 aliphatic rings. The Bertz CT molecular complexity index is 764. The van der Waals surface area contributed by atoms with Gasteiger partial charge in [-0.3, -0.25) is 9.69 Å². The molecule has 138 valence electrons. The second-order valence-electron chi connectivity index (χ2n) is 6.27. The smallest absolute Gasteiger partial charge is 0.237 e. The van der Waals surface area contributed by atoms with E-state index in [-0.39, 0.29) is 24.6 Å². The zero-order chi connectivity index (χ0) is 18.5. The summed E-state index contributed by atoms with van der Waals surface area (Å²) in [5.74, 6) is 1.15. The molecule has 1 aliphatic heterocycles. The van der Waals surface area contributed by atoms with Gasteiger partial charge < -0.3 is 14.8 Å². The third-order valence-electron chi connectivity index (χ3n) is 4.54. The van der Waals surface area contributed by atoms with E-state index in [1.54, 1.807) is 12.1 Å². The summed E-state index contributed by atoms with van der Waals surface area (Å²) >= 11 is 0. The molecule has 0 aliphatic carbocycles. The Morgan fingerprint density at radius 1 is 1.15 bits per heavy atom. The third-order valence-corrected chi connectivity index (χ3v) is 4.54. The summed E-state index contributed by atoms with van der Waals surface area (Å²) in [7, 11) is 0. The van der Waals surface area contributed by atoms with E-state index in [0.717, 1.165) is 29.2 Å². The summed E-state index contributed by atoms with van der Waals surface area (Å²) < 4.78 is 23.7. The normalized spacial score (nSPS) is 13.7. The fourth-order valence-corrected chi connectivity index (χ4v) is 2.90. The SMILES string of the molecule is CCN(Cc1ccc2c(c1)OCO2)C(C)C(=O)NCc1ccc(F)cc1. The van der Waals surface area contributed by atoms with E-state index in [0.29, 0.717) is 13.1 Å². The predicted molar refractivity (Wildman–Crippen MR) is 96.4 cm³/mol. The Hall–Kier alpha value is -2.60. The van der Waals surface area contributed by atoms with E-state index < -0.39 is 0 Å². The van der Waals surface area contributed by atoms with Crippen molar-refractivity contribution in [3.8, 4) is 11.5 Å². The summed E-state index contributed by atoms with van der Waals surface area (Å²) in [6, 6.07) is 11.7. The minimum atomic E-state index is -0.286. The molecular formula is C20H23FN2O3. The molecule has 0 bridgehead atoms. The Kier molecular flexibility index (Phi) is 5.73. The van der Waals surface area contributed by atoms with Crippen molar-refractivity contribution in [1.29, 1.82) is 0 Å². The van der Waals surface area contributed by atoms with Crippen LogP contribution >= 0.6 is 0 Å². The van der Waals surface area contributed by atoms with Gasteiger partial charge in [-0.05, 0) is 48.9 Å². The van der Waals surface area contributed by atoms with Gasteiger partial charge in [-0.2, -0.15) is 0 Å². The largest absolute Gasteiger partial charge is 0.454 e. The number of likely N-dealkylation sites (N-methyl/N-ethyl adjacent to an activating group) is 1. The summed E-state index contributed by atoms with van der Waals surface area (Å²) in [4.78, 5) is 14.6. The van der Waals surface area contributed by atoms with E-state index in [4.69, 9.17) is 9.47 Å². The van der Waals surface area contributed by atoms with Gasteiger partial charge in [-0.25, -0.2) is 4.39 Å². The van der Waals surface area contributed by atoms with Crippen LogP contribution in [0.15, 0.2) is 42.5 Å². The van der Waals surface area contributed by atoms with Crippen LogP contribution in [0.2, 0.25) is 0 Å². The Morgan fingerprint density at radius 3 is 2.58 bits per heavy atom. The molecule has 0 radical (unpaired) electrons. The summed E-state index contributed by atoms with van der Waals surface area (Å²) in [5.41, 5.74) is 1.93. The maximum absolute atomic E-state index is 12.9. The zero-order valence-electron chi connectivity index (χ0n) is 15.0. The molecule has 2 aromatic carbocycles. The van der Waals surface area contributed by atoms with E-state index in [1.807, 2.05) is 32.0 Å². The first-order valence-corrected chi connectivity index (χ1v) is 8.71. The Morgan fingerprint density at radius 2 is 1.85 bits per heavy atom. The van der Waals surface area contributed by atoms with Crippen LogP contribution in [0, 0.1) is 5.82 Å². The van der Waals surface area contributed by atoms with Crippen molar-refractivity contribution >= 4 is 5.91 Å². The fraction of sp³-hybridized carbons (Fsp3) is 0.350. The van der Waals surface area contributed by atoms with Crippen LogP contribution in [0.25, 0.3) is 0 Å². The number of hydrogen-bond donors (Lipinski definition) is 1. The van der Waals surface area contributed by atoms with Gasteiger partial charge >= 0.3 is 0 Å². The fourth-order valence-electron chi connectivity index (χ4n) is 2.90. The maximum atomic E-state index is 12.9. The number of nitrogens with zero attached hydrogens (tertiary/aromatic N) is 1. The summed E-state index contributed by atoms with van der Waals surface area (Å²) in [6.07, 6.45) is 0. The standard InChI is InChI=1S/C20H23FN2O3/c1-3-23(12-16-6-9-18-19(10-16)26-13-25-18)14(2)20(24)22-11-15-4-7-17(21)8-5-15/h4-10,14H,3,11-13H2,1-2H3,(H,22,24). The molecule has 0 fully saturated rings. The molecule has 0 spiro atoms. The monoisotopic (exact) mass is 358 g/mol. The van der Waals surface area contributed by atoms with Gasteiger partial charge in [-0.1, -0.05) is 25.1 Å². The van der Waals surface area contributed by atoms with Crippen molar-refractivity contribution in [3.05, 3.63) is 59.4 Å². The lowest BCUT2D eigenvalue weighted by Crippen LogP contribution is -2.44. The average Bonchev–Trinajstić information content (AvgIpc) is 3.12. The lowest BCUT2D eigenvalue weighted by atomic mass is 10.1. The van der Waals surface area contributed by atoms with Crippen LogP contribution < -0.4 is 14.8 Å². The predicted octanol–water partition coefficient (Wildman–Crippen LogP) is 3.08. The Labute approximate surface area is 152 Å². The van der Waals surface area contributed by atoms with Crippen molar-refractivity contribution in [2.24, 2.45) is 0 Å². The highest BCUT2D eigenvalue weighted by Gasteiger charge is 2.21. The van der Waals surface area contributed by atoms with Crippen LogP contribution in [0.5, 0.6) is 11.5 Å². The number of ether oxygens (including phenoxy) is 2. The summed E-state index contributed by atoms with van der Waals surface area (Å²) in [6.45, 7) is 5.91. The van der Waals surface area contributed by atoms with Crippen LogP contribution in [-0.4, -0.2) is 30.2 Å². The molecule has 1 unspecified atom stereocenters. The van der Waals surface area contributed by atoms with Crippen LogP contribution in [0.1, 0.15) is 25.0 Å². The zero-order valence-corrected chi connectivity index (χ0v) is 15.0. The van der Waals surface area contributed by atoms with Crippen molar-refractivity contribution in [2.75, 3.05) is 13.3 Å². The minimum Gasteiger partial charge on any atom is -0.454 e. The molecule has 1 N–H and O–H groups in total. The van der Waals surface area contributed by atoms with Crippen molar-refractivity contribution in [2.45, 2.75) is 33.0 Å². The number of carbonyl (C=O) groups is 1. The molecule has 2 aromatic rings. The first-order chi connectivity index (χ1) is 12.6. The quantitative estimate of drug-likeness (QED) is 0.826. The van der Waals surface area contributed by atoms with Gasteiger partial charge in [0.25, 0.3) is 0 Å². The lowest BCUT2D eigenvalue weighted by Gasteiger charge is -2.27. The molecule has 1 heterocycles. The van der Waals surface area contributed by atoms with Crippen molar-refractivity contribution < 1.29 is 18.7 Å². The average molecular weight is 358 g/mol. The number of carbonyl (C=O) groups excluding carboxylic acids is 1. The van der Waals surface area contributed by atoms with Crippen LogP contribution in [0.4, 0.5) is 4.39 Å². The molecular weight excluding hydrogens is 335 g/mol. The molecule has 6 heteroatoms. The minimum absolute atomic E-state index is 0.0584. The van der Waals surface area contributed by atoms with Crippen molar-refractivity contribution in [1.82, 2.24) is 10.2 Å². The van der Waals surface area contributed by atoms with E-state index in [2.05, 4.69) is 10.2 Å². The lowest BCUT2D eigenvalue weighted by molar-refractivity contribution is -0.126. The number of fused-ring (bicyclic) bond motifs is 1. The number of benzene rings is 2. The number of amides is 1. The molecule has 1 amide bonds. The van der Waals surface area contributed by atoms with Gasteiger partial charge in [-0.15, -0.1) is 0 Å². The van der Waals surface area contributed by atoms with E-state index in [9.17, 15) is 9.18 Å². The van der Waals surface area contributed by atoms with Gasteiger partial charge in [0.05, 0.1) is 6.04 Å². The maximum Gasteiger partial charge on any atom is 0.237 e. The molecule has 0 aromatic heterocycles. The summed E-state index contributed by atoms with van der Waals surface area (Å²) in [5, 5.41) is 2.91. The Balaban J connectivity index is 1.57. The highest BCUT2D eigenvalue weighted by atomic mass is 19.1. The highest BCUT2D eigenvalue weighted by molar-refractivity contribution is 5.81. The van der Waals surface area contributed by atoms with Gasteiger partial charge in [0, 0.05) is 13.1 Å². The second kappa shape index (κ2) is 8.19. The van der Waals surface area contributed by atoms with Crippen LogP contribution in [-0.2, 0) is 17.9 Å². The van der Waals surface area contributed by atoms with Gasteiger partial charge in [0.2, 0.25) is 12.7 Å². The first-order valence-electron chi connectivity index (χ1n) is 8.71. The molecule has 26 heavy (non-hydrogen) atoms. The highest BCUT2D eigenvalue weighted by Crippen LogP contribution is 2.32. The van der Waals surface area contributed by atoms with E-state index >= 15 is 0 Å². The number of hydrogen-bond acceptors (Lipinski definition) is 4. The van der Waals surface area contributed by atoms with E-state index in [1.165, 1.54) is 12.1 Å². The molecule has 0 saturated carbocycles. The first kappa shape index (κ1) is 18.2. The third kappa shape index (κ3) is 4.32. The molecule has 1 atom stereocenters. The number of nitrogens with one attached hydrogen (secondary N) is 1. The van der Waals surface area contributed by atoms with Gasteiger partial charge in [0.1, 0.15) is 5.82 Å². The van der Waals surface area contributed by atoms with Crippen LogP contribution in [0.3, 0.4) is 0 Å². The topological polar surface area (TPSA) is 50.8 Å². The number of halogens is 1. The second-order valence-corrected chi connectivity index (χ2v) is 6.27. The molecule has 0 saturated heterocycles.